The highest BCUT2D eigenvalue weighted by Gasteiger charge is 2.23. The minimum Gasteiger partial charge on any atom is -0.336 e. The molecule has 0 radical (unpaired) electrons. The lowest BCUT2D eigenvalue weighted by molar-refractivity contribution is 0.0638. The molecule has 1 aromatic heterocycles. The first-order chi connectivity index (χ1) is 8.22. The summed E-state index contributed by atoms with van der Waals surface area (Å²) in [6.07, 6.45) is 1.35. The number of hydrogen-bond donors (Lipinski definition) is 0. The molecule has 0 saturated carbocycles. The summed E-state index contributed by atoms with van der Waals surface area (Å²) in [4.78, 5) is 19.5. The van der Waals surface area contributed by atoms with Crippen molar-refractivity contribution >= 4 is 5.91 Å². The third-order valence-corrected chi connectivity index (χ3v) is 3.10. The van der Waals surface area contributed by atoms with Crippen molar-refractivity contribution in [2.24, 2.45) is 0 Å². The minimum absolute atomic E-state index is 0.0671. The van der Waals surface area contributed by atoms with Crippen LogP contribution in [0.4, 0.5) is 4.39 Å². The quantitative estimate of drug-likeness (QED) is 0.720. The van der Waals surface area contributed by atoms with Crippen molar-refractivity contribution in [3.05, 3.63) is 29.8 Å². The predicted octanol–water partition coefficient (Wildman–Crippen LogP) is 0.998. The number of rotatable bonds is 2. The highest BCUT2D eigenvalue weighted by molar-refractivity contribution is 5.94. The van der Waals surface area contributed by atoms with Crippen molar-refractivity contribution in [2.45, 2.75) is 6.92 Å². The largest absolute Gasteiger partial charge is 0.336 e. The lowest BCUT2D eigenvalue weighted by Crippen LogP contribution is -2.48. The fraction of sp³-hybridized carbons (Fsp3) is 0.500. The first-order valence-corrected chi connectivity index (χ1v) is 5.84. The second kappa shape index (κ2) is 5.23. The van der Waals surface area contributed by atoms with E-state index in [1.807, 2.05) is 0 Å². The number of piperazine rings is 1. The molecule has 1 aromatic rings. The van der Waals surface area contributed by atoms with Gasteiger partial charge in [0.25, 0.3) is 5.91 Å². The van der Waals surface area contributed by atoms with Crippen molar-refractivity contribution in [2.75, 3.05) is 32.7 Å². The van der Waals surface area contributed by atoms with Crippen molar-refractivity contribution in [3.8, 4) is 0 Å². The number of halogens is 1. The van der Waals surface area contributed by atoms with Crippen LogP contribution >= 0.6 is 0 Å². The van der Waals surface area contributed by atoms with Gasteiger partial charge in [-0.25, -0.2) is 4.98 Å². The van der Waals surface area contributed by atoms with Crippen LogP contribution in [0.1, 0.15) is 17.3 Å². The van der Waals surface area contributed by atoms with Gasteiger partial charge < -0.3 is 9.80 Å². The van der Waals surface area contributed by atoms with Crippen molar-refractivity contribution < 1.29 is 9.18 Å². The fourth-order valence-corrected chi connectivity index (χ4v) is 1.98. The van der Waals surface area contributed by atoms with Gasteiger partial charge in [-0.2, -0.15) is 4.39 Å². The predicted molar refractivity (Wildman–Crippen MR) is 62.2 cm³/mol. The summed E-state index contributed by atoms with van der Waals surface area (Å²) in [5.41, 5.74) is 0.0671. The van der Waals surface area contributed by atoms with Crippen molar-refractivity contribution in [3.63, 3.8) is 0 Å². The van der Waals surface area contributed by atoms with E-state index in [1.54, 1.807) is 11.0 Å². The van der Waals surface area contributed by atoms with Crippen LogP contribution in [0.5, 0.6) is 0 Å². The van der Waals surface area contributed by atoms with Crippen LogP contribution < -0.4 is 0 Å². The lowest BCUT2D eigenvalue weighted by atomic mass is 10.2. The molecule has 92 valence electrons. The summed E-state index contributed by atoms with van der Waals surface area (Å²) in [7, 11) is 0. The molecule has 0 unspecified atom stereocenters. The van der Waals surface area contributed by atoms with E-state index in [2.05, 4.69) is 16.8 Å². The number of carbonyl (C=O) groups is 1. The van der Waals surface area contributed by atoms with Crippen LogP contribution in [0.25, 0.3) is 0 Å². The number of amides is 1. The second-order valence-corrected chi connectivity index (χ2v) is 4.07. The lowest BCUT2D eigenvalue weighted by Gasteiger charge is -2.34. The maximum Gasteiger partial charge on any atom is 0.258 e. The maximum absolute atomic E-state index is 13.4. The summed E-state index contributed by atoms with van der Waals surface area (Å²) in [5, 5.41) is 0. The third-order valence-electron chi connectivity index (χ3n) is 3.10. The van der Waals surface area contributed by atoms with Gasteiger partial charge in [-0.3, -0.25) is 4.79 Å². The van der Waals surface area contributed by atoms with E-state index in [1.165, 1.54) is 12.3 Å². The summed E-state index contributed by atoms with van der Waals surface area (Å²) in [6.45, 7) is 6.10. The van der Waals surface area contributed by atoms with E-state index in [4.69, 9.17) is 0 Å². The highest BCUT2D eigenvalue weighted by atomic mass is 19.1. The summed E-state index contributed by atoms with van der Waals surface area (Å²) >= 11 is 0. The van der Waals surface area contributed by atoms with Gasteiger partial charge in [0.15, 0.2) is 0 Å². The van der Waals surface area contributed by atoms with E-state index in [-0.39, 0.29) is 11.5 Å². The van der Waals surface area contributed by atoms with Crippen LogP contribution in [0, 0.1) is 5.95 Å². The molecule has 1 amide bonds. The van der Waals surface area contributed by atoms with Gasteiger partial charge in [-0.1, -0.05) is 6.92 Å². The van der Waals surface area contributed by atoms with Gasteiger partial charge in [-0.15, -0.1) is 0 Å². The fourth-order valence-electron chi connectivity index (χ4n) is 1.98. The van der Waals surface area contributed by atoms with E-state index >= 15 is 0 Å². The van der Waals surface area contributed by atoms with Crippen LogP contribution in [-0.2, 0) is 0 Å². The van der Waals surface area contributed by atoms with Gasteiger partial charge >= 0.3 is 0 Å². The number of carbonyl (C=O) groups excluding carboxylic acids is 1. The molecule has 5 heteroatoms. The zero-order valence-electron chi connectivity index (χ0n) is 9.90. The van der Waals surface area contributed by atoms with Gasteiger partial charge in [0.2, 0.25) is 5.95 Å². The molecule has 17 heavy (non-hydrogen) atoms. The van der Waals surface area contributed by atoms with Gasteiger partial charge in [0.05, 0.1) is 5.56 Å². The molecule has 1 aliphatic rings. The third kappa shape index (κ3) is 2.61. The Bertz CT molecular complexity index is 402. The first-order valence-electron chi connectivity index (χ1n) is 5.84. The van der Waals surface area contributed by atoms with Crippen molar-refractivity contribution in [1.82, 2.24) is 14.8 Å². The van der Waals surface area contributed by atoms with Crippen LogP contribution in [0.2, 0.25) is 0 Å². The SMILES string of the molecule is CCN1CCN(C(=O)c2cccnc2F)CC1. The minimum atomic E-state index is -0.685. The average molecular weight is 237 g/mol. The Balaban J connectivity index is 2.04. The Kier molecular flexibility index (Phi) is 3.68. The van der Waals surface area contributed by atoms with Gasteiger partial charge in [-0.05, 0) is 18.7 Å². The second-order valence-electron chi connectivity index (χ2n) is 4.07. The number of aromatic nitrogens is 1. The Morgan fingerprint density at radius 3 is 2.71 bits per heavy atom. The molecule has 4 nitrogen and oxygen atoms in total. The van der Waals surface area contributed by atoms with Crippen LogP contribution in [-0.4, -0.2) is 53.4 Å². The van der Waals surface area contributed by atoms with Gasteiger partial charge in [0, 0.05) is 32.4 Å². The Morgan fingerprint density at radius 1 is 1.41 bits per heavy atom. The molecule has 0 bridgehead atoms. The monoisotopic (exact) mass is 237 g/mol. The summed E-state index contributed by atoms with van der Waals surface area (Å²) in [5.74, 6) is -0.943. The number of likely N-dealkylation sites (N-methyl/N-ethyl adjacent to an activating group) is 1. The zero-order chi connectivity index (χ0) is 12.3. The average Bonchev–Trinajstić information content (AvgIpc) is 2.39. The van der Waals surface area contributed by atoms with E-state index in [9.17, 15) is 9.18 Å². The molecule has 1 fully saturated rings. The Labute approximate surface area is 100 Å². The molecule has 0 N–H and O–H groups in total. The Hall–Kier alpha value is -1.49. The number of hydrogen-bond acceptors (Lipinski definition) is 3. The van der Waals surface area contributed by atoms with E-state index in [0.29, 0.717) is 13.1 Å². The Morgan fingerprint density at radius 2 is 2.12 bits per heavy atom. The summed E-state index contributed by atoms with van der Waals surface area (Å²) < 4.78 is 13.4. The molecule has 1 aliphatic heterocycles. The molecule has 2 rings (SSSR count). The molecule has 1 saturated heterocycles. The van der Waals surface area contributed by atoms with Crippen LogP contribution in [0.15, 0.2) is 18.3 Å². The topological polar surface area (TPSA) is 36.4 Å². The molecule has 0 atom stereocenters. The molecule has 0 aliphatic carbocycles. The number of pyridine rings is 1. The molecule has 0 spiro atoms. The molecular formula is C12H16FN3O. The highest BCUT2D eigenvalue weighted by Crippen LogP contribution is 2.10. The first kappa shape index (κ1) is 12.0. The van der Waals surface area contributed by atoms with Crippen molar-refractivity contribution in [1.29, 1.82) is 0 Å². The van der Waals surface area contributed by atoms with E-state index in [0.717, 1.165) is 19.6 Å². The maximum atomic E-state index is 13.4. The number of nitrogens with zero attached hydrogens (tertiary/aromatic N) is 3. The van der Waals surface area contributed by atoms with E-state index < -0.39 is 5.95 Å². The smallest absolute Gasteiger partial charge is 0.258 e. The normalized spacial score (nSPS) is 17.2. The zero-order valence-corrected chi connectivity index (χ0v) is 9.90. The molecule has 0 aromatic carbocycles. The molecule has 2 heterocycles. The summed E-state index contributed by atoms with van der Waals surface area (Å²) in [6, 6.07) is 3.06. The van der Waals surface area contributed by atoms with Crippen LogP contribution in [0.3, 0.4) is 0 Å². The standard InChI is InChI=1S/C12H16FN3O/c1-2-15-6-8-16(9-7-15)12(17)10-4-3-5-14-11(10)13/h3-5H,2,6-9H2,1H3. The van der Waals surface area contributed by atoms with Gasteiger partial charge in [0.1, 0.15) is 0 Å². The molecular weight excluding hydrogens is 221 g/mol.